The minimum atomic E-state index is -3.72. The molecular formula is C19H23N4O3PS. The predicted octanol–water partition coefficient (Wildman–Crippen LogP) is 1.57. The average Bonchev–Trinajstić information content (AvgIpc) is 3.16. The molecule has 0 atom stereocenters. The van der Waals surface area contributed by atoms with E-state index in [9.17, 15) is 13.0 Å². The molecule has 0 aliphatic heterocycles. The van der Waals surface area contributed by atoms with E-state index in [1.807, 2.05) is 55.1 Å². The van der Waals surface area contributed by atoms with Gasteiger partial charge in [0.1, 0.15) is 0 Å². The van der Waals surface area contributed by atoms with E-state index >= 15 is 0 Å². The summed E-state index contributed by atoms with van der Waals surface area (Å²) in [6.45, 7) is 4.86. The lowest BCUT2D eigenvalue weighted by molar-refractivity contribution is 0.582. The molecule has 0 saturated heterocycles. The van der Waals surface area contributed by atoms with Crippen molar-refractivity contribution in [3.05, 3.63) is 60.7 Å². The monoisotopic (exact) mass is 418 g/mol. The third-order valence-corrected chi connectivity index (χ3v) is 8.33. The summed E-state index contributed by atoms with van der Waals surface area (Å²) in [6.07, 6.45) is 1.06. The first-order valence-corrected chi connectivity index (χ1v) is 12.5. The normalized spacial score (nSPS) is 12.1. The van der Waals surface area contributed by atoms with Crippen molar-refractivity contribution in [2.45, 2.75) is 13.8 Å². The summed E-state index contributed by atoms with van der Waals surface area (Å²) in [4.78, 5) is 1.81. The maximum atomic E-state index is 14.6. The Hall–Kier alpha value is -2.44. The minimum Gasteiger partial charge on any atom is -0.354 e. The Kier molecular flexibility index (Phi) is 5.72. The second kappa shape index (κ2) is 7.89. The molecule has 0 amide bonds. The summed E-state index contributed by atoms with van der Waals surface area (Å²) in [5, 5.41) is 9.20. The molecule has 0 saturated carbocycles. The number of hydrogen-bond acceptors (Lipinski definition) is 6. The molecule has 0 aliphatic carbocycles. The smallest absolute Gasteiger partial charge is 0.254 e. The highest BCUT2D eigenvalue weighted by atomic mass is 32.2. The second-order valence-corrected chi connectivity index (χ2v) is 10.8. The molecular weight excluding hydrogens is 395 g/mol. The average molecular weight is 418 g/mol. The molecule has 28 heavy (non-hydrogen) atoms. The molecule has 1 heterocycles. The number of nitrogens with zero attached hydrogens (tertiary/aromatic N) is 4. The molecule has 0 unspecified atom stereocenters. The molecule has 1 aromatic heterocycles. The van der Waals surface area contributed by atoms with Crippen LogP contribution in [0.1, 0.15) is 13.8 Å². The van der Waals surface area contributed by atoms with Gasteiger partial charge < -0.3 is 9.46 Å². The van der Waals surface area contributed by atoms with Crippen LogP contribution in [-0.2, 0) is 14.6 Å². The molecule has 7 nitrogen and oxygen atoms in total. The summed E-state index contributed by atoms with van der Waals surface area (Å²) in [7, 11) is -7.17. The molecule has 3 aromatic rings. The molecule has 9 heteroatoms. The van der Waals surface area contributed by atoms with Crippen molar-refractivity contribution in [3.63, 3.8) is 0 Å². The lowest BCUT2D eigenvalue weighted by Crippen LogP contribution is -2.35. The standard InChI is InChI=1S/C19H23N4O3PS/c1-4-22(5-2)19-18(20-21-23(19)28(3,25)26)27(24,16-12-8-6-9-13-16)17-14-10-7-11-15-17/h6-15H,4-5H2,1-3H3. The first-order chi connectivity index (χ1) is 13.3. The van der Waals surface area contributed by atoms with Crippen molar-refractivity contribution in [2.24, 2.45) is 0 Å². The van der Waals surface area contributed by atoms with Gasteiger partial charge in [0.15, 0.2) is 18.4 Å². The van der Waals surface area contributed by atoms with Gasteiger partial charge in [0, 0.05) is 23.7 Å². The van der Waals surface area contributed by atoms with Gasteiger partial charge in [-0.25, -0.2) is 8.42 Å². The summed E-state index contributed by atoms with van der Waals surface area (Å²) in [6, 6.07) is 18.0. The van der Waals surface area contributed by atoms with Crippen molar-refractivity contribution < 1.29 is 13.0 Å². The maximum absolute atomic E-state index is 14.6. The van der Waals surface area contributed by atoms with E-state index < -0.39 is 17.2 Å². The summed E-state index contributed by atoms with van der Waals surface area (Å²) in [5.41, 5.74) is 0.180. The Bertz CT molecular complexity index is 1050. The van der Waals surface area contributed by atoms with Crippen LogP contribution in [0.4, 0.5) is 5.82 Å². The van der Waals surface area contributed by atoms with Crippen molar-refractivity contribution >= 4 is 39.0 Å². The molecule has 148 valence electrons. The van der Waals surface area contributed by atoms with E-state index in [0.717, 1.165) is 10.3 Å². The van der Waals surface area contributed by atoms with Gasteiger partial charge >= 0.3 is 0 Å². The highest BCUT2D eigenvalue weighted by Crippen LogP contribution is 2.44. The molecule has 0 radical (unpaired) electrons. The third-order valence-electron chi connectivity index (χ3n) is 4.52. The van der Waals surface area contributed by atoms with Crippen LogP contribution in [0.15, 0.2) is 60.7 Å². The van der Waals surface area contributed by atoms with Crippen LogP contribution in [0.2, 0.25) is 0 Å². The van der Waals surface area contributed by atoms with Crippen LogP contribution in [-0.4, -0.2) is 42.2 Å². The number of benzene rings is 2. The van der Waals surface area contributed by atoms with Crippen LogP contribution in [0.5, 0.6) is 0 Å². The molecule has 2 aromatic carbocycles. The van der Waals surface area contributed by atoms with Gasteiger partial charge in [-0.1, -0.05) is 60.7 Å². The second-order valence-electron chi connectivity index (χ2n) is 6.30. The fraction of sp³-hybridized carbons (Fsp3) is 0.263. The SMILES string of the molecule is CCN(CC)c1c(P(=O)(c2ccccc2)c2ccccc2)nnn1S(C)(=O)=O. The van der Waals surface area contributed by atoms with E-state index in [1.54, 1.807) is 24.3 Å². The lowest BCUT2D eigenvalue weighted by Gasteiger charge is -2.25. The van der Waals surface area contributed by atoms with E-state index in [4.69, 9.17) is 0 Å². The van der Waals surface area contributed by atoms with Crippen LogP contribution >= 0.6 is 7.14 Å². The summed E-state index contributed by atoms with van der Waals surface area (Å²) < 4.78 is 40.2. The Labute approximate surface area is 165 Å². The van der Waals surface area contributed by atoms with E-state index in [0.29, 0.717) is 23.7 Å². The molecule has 0 N–H and O–H groups in total. The van der Waals surface area contributed by atoms with Crippen molar-refractivity contribution in [1.29, 1.82) is 0 Å². The van der Waals surface area contributed by atoms with E-state index in [1.165, 1.54) is 0 Å². The highest BCUT2D eigenvalue weighted by molar-refractivity contribution is 7.89. The molecule has 3 rings (SSSR count). The number of hydrogen-bond donors (Lipinski definition) is 0. The van der Waals surface area contributed by atoms with Crippen LogP contribution in [0.25, 0.3) is 0 Å². The van der Waals surface area contributed by atoms with E-state index in [2.05, 4.69) is 10.3 Å². The quantitative estimate of drug-likeness (QED) is 0.542. The Morgan fingerprint density at radius 1 is 0.929 bits per heavy atom. The van der Waals surface area contributed by atoms with E-state index in [-0.39, 0.29) is 11.3 Å². The summed E-state index contributed by atoms with van der Waals surface area (Å²) >= 11 is 0. The fourth-order valence-corrected chi connectivity index (χ4v) is 6.55. The lowest BCUT2D eigenvalue weighted by atomic mass is 10.4. The van der Waals surface area contributed by atoms with Gasteiger partial charge in [-0.2, -0.15) is 0 Å². The fourth-order valence-electron chi connectivity index (χ4n) is 3.14. The topological polar surface area (TPSA) is 85.2 Å². The van der Waals surface area contributed by atoms with Crippen molar-refractivity contribution in [1.82, 2.24) is 14.4 Å². The highest BCUT2D eigenvalue weighted by Gasteiger charge is 2.39. The van der Waals surface area contributed by atoms with Gasteiger partial charge in [-0.3, -0.25) is 0 Å². The molecule has 0 bridgehead atoms. The number of anilines is 1. The van der Waals surface area contributed by atoms with Crippen LogP contribution in [0.3, 0.4) is 0 Å². The van der Waals surface area contributed by atoms with Gasteiger partial charge in [0.2, 0.25) is 0 Å². The first kappa shape index (κ1) is 20.3. The molecule has 0 spiro atoms. The van der Waals surface area contributed by atoms with Gasteiger partial charge in [-0.05, 0) is 19.1 Å². The Morgan fingerprint density at radius 3 is 1.79 bits per heavy atom. The summed E-state index contributed by atoms with van der Waals surface area (Å²) in [5.74, 6) is 0.253. The largest absolute Gasteiger partial charge is 0.354 e. The zero-order valence-electron chi connectivity index (χ0n) is 16.1. The van der Waals surface area contributed by atoms with Gasteiger partial charge in [-0.15, -0.1) is 9.19 Å². The minimum absolute atomic E-state index is 0.180. The zero-order valence-corrected chi connectivity index (χ0v) is 17.8. The van der Waals surface area contributed by atoms with Crippen molar-refractivity contribution in [2.75, 3.05) is 24.2 Å². The Morgan fingerprint density at radius 2 is 1.39 bits per heavy atom. The van der Waals surface area contributed by atoms with Gasteiger partial charge in [0.25, 0.3) is 10.0 Å². The van der Waals surface area contributed by atoms with Crippen LogP contribution < -0.4 is 20.9 Å². The molecule has 0 fully saturated rings. The predicted molar refractivity (Wildman–Crippen MR) is 113 cm³/mol. The van der Waals surface area contributed by atoms with Crippen molar-refractivity contribution in [3.8, 4) is 0 Å². The zero-order chi connectivity index (χ0) is 20.4. The van der Waals surface area contributed by atoms with Crippen LogP contribution in [0, 0.1) is 0 Å². The Balaban J connectivity index is 2.40. The number of rotatable bonds is 7. The number of aromatic nitrogens is 3. The molecule has 0 aliphatic rings. The maximum Gasteiger partial charge on any atom is 0.254 e. The first-order valence-electron chi connectivity index (χ1n) is 8.97. The van der Waals surface area contributed by atoms with Gasteiger partial charge in [0.05, 0.1) is 6.26 Å². The third kappa shape index (κ3) is 3.50.